The van der Waals surface area contributed by atoms with Gasteiger partial charge in [-0.25, -0.2) is 4.79 Å². The van der Waals surface area contributed by atoms with Crippen LogP contribution in [-0.4, -0.2) is 60.6 Å². The molecule has 0 aromatic rings. The van der Waals surface area contributed by atoms with Gasteiger partial charge in [-0.15, -0.1) is 0 Å². The highest BCUT2D eigenvalue weighted by Gasteiger charge is 2.32. The van der Waals surface area contributed by atoms with Gasteiger partial charge in [0.15, 0.2) is 0 Å². The van der Waals surface area contributed by atoms with Crippen LogP contribution < -0.4 is 5.73 Å². The van der Waals surface area contributed by atoms with Gasteiger partial charge in [0.1, 0.15) is 12.6 Å². The molecule has 2 fully saturated rings. The number of hydrogen-bond acceptors (Lipinski definition) is 4. The third kappa shape index (κ3) is 2.27. The number of hydrogen-bond donors (Lipinski definition) is 1. The zero-order chi connectivity index (χ0) is 11.5. The molecule has 6 heteroatoms. The summed E-state index contributed by atoms with van der Waals surface area (Å²) in [7, 11) is 0. The van der Waals surface area contributed by atoms with Crippen LogP contribution >= 0.6 is 0 Å². The van der Waals surface area contributed by atoms with Crippen molar-refractivity contribution in [1.29, 1.82) is 0 Å². The maximum atomic E-state index is 11.8. The van der Waals surface area contributed by atoms with Gasteiger partial charge in [-0.3, -0.25) is 9.69 Å². The number of ether oxygens (including phenoxy) is 1. The Morgan fingerprint density at radius 2 is 2.12 bits per heavy atom. The van der Waals surface area contributed by atoms with Crippen LogP contribution in [0.1, 0.15) is 12.8 Å². The monoisotopic (exact) mass is 227 g/mol. The first kappa shape index (κ1) is 11.2. The van der Waals surface area contributed by atoms with E-state index in [1.54, 1.807) is 4.90 Å². The van der Waals surface area contributed by atoms with E-state index in [0.29, 0.717) is 13.1 Å². The summed E-state index contributed by atoms with van der Waals surface area (Å²) >= 11 is 0. The Morgan fingerprint density at radius 1 is 1.44 bits per heavy atom. The SMILES string of the molecule is NCC1CN(CC(=O)N2CCCC2)C(=O)O1. The Morgan fingerprint density at radius 3 is 2.69 bits per heavy atom. The Kier molecular flexibility index (Phi) is 3.28. The quantitative estimate of drug-likeness (QED) is 0.697. The molecule has 2 N–H and O–H groups in total. The van der Waals surface area contributed by atoms with Crippen molar-refractivity contribution < 1.29 is 14.3 Å². The topological polar surface area (TPSA) is 75.9 Å². The second kappa shape index (κ2) is 4.69. The van der Waals surface area contributed by atoms with E-state index in [4.69, 9.17) is 10.5 Å². The second-order valence-electron chi connectivity index (χ2n) is 4.21. The van der Waals surface area contributed by atoms with Gasteiger partial charge in [-0.1, -0.05) is 0 Å². The summed E-state index contributed by atoms with van der Waals surface area (Å²) in [4.78, 5) is 26.4. The first-order valence-electron chi connectivity index (χ1n) is 5.64. The van der Waals surface area contributed by atoms with E-state index in [0.717, 1.165) is 25.9 Å². The highest BCUT2D eigenvalue weighted by Crippen LogP contribution is 2.12. The molecular weight excluding hydrogens is 210 g/mol. The molecule has 0 spiro atoms. The first-order valence-corrected chi connectivity index (χ1v) is 5.64. The predicted molar refractivity (Wildman–Crippen MR) is 56.7 cm³/mol. The van der Waals surface area contributed by atoms with E-state index in [-0.39, 0.29) is 18.6 Å². The van der Waals surface area contributed by atoms with Gasteiger partial charge in [0.05, 0.1) is 6.54 Å². The lowest BCUT2D eigenvalue weighted by atomic mass is 10.3. The molecule has 0 radical (unpaired) electrons. The number of carbonyl (C=O) groups is 2. The van der Waals surface area contributed by atoms with E-state index in [2.05, 4.69) is 0 Å². The summed E-state index contributed by atoms with van der Waals surface area (Å²) in [5.41, 5.74) is 5.41. The molecule has 2 aliphatic heterocycles. The van der Waals surface area contributed by atoms with Gasteiger partial charge >= 0.3 is 6.09 Å². The average molecular weight is 227 g/mol. The fourth-order valence-corrected chi connectivity index (χ4v) is 2.06. The molecule has 2 rings (SSSR count). The number of carbonyl (C=O) groups excluding carboxylic acids is 2. The number of nitrogens with zero attached hydrogens (tertiary/aromatic N) is 2. The maximum absolute atomic E-state index is 11.8. The molecule has 1 atom stereocenters. The summed E-state index contributed by atoms with van der Waals surface area (Å²) in [6, 6.07) is 0. The predicted octanol–water partition coefficient (Wildman–Crippen LogP) is -0.612. The fourth-order valence-electron chi connectivity index (χ4n) is 2.06. The highest BCUT2D eigenvalue weighted by atomic mass is 16.6. The van der Waals surface area contributed by atoms with E-state index in [9.17, 15) is 9.59 Å². The fraction of sp³-hybridized carbons (Fsp3) is 0.800. The zero-order valence-electron chi connectivity index (χ0n) is 9.22. The number of rotatable bonds is 3. The van der Waals surface area contributed by atoms with Crippen LogP contribution in [0, 0.1) is 0 Å². The Bertz CT molecular complexity index is 289. The van der Waals surface area contributed by atoms with Crippen molar-refractivity contribution in [1.82, 2.24) is 9.80 Å². The molecule has 2 saturated heterocycles. The zero-order valence-corrected chi connectivity index (χ0v) is 9.22. The minimum absolute atomic E-state index is 0.00659. The molecule has 2 aliphatic rings. The molecule has 90 valence electrons. The summed E-state index contributed by atoms with van der Waals surface area (Å²) in [5, 5.41) is 0. The van der Waals surface area contributed by atoms with Crippen LogP contribution in [0.2, 0.25) is 0 Å². The van der Waals surface area contributed by atoms with Crippen molar-refractivity contribution in [3.05, 3.63) is 0 Å². The molecule has 0 saturated carbocycles. The normalized spacial score (nSPS) is 25.1. The number of cyclic esters (lactones) is 1. The smallest absolute Gasteiger partial charge is 0.410 e. The largest absolute Gasteiger partial charge is 0.443 e. The Hall–Kier alpha value is -1.30. The second-order valence-corrected chi connectivity index (χ2v) is 4.21. The van der Waals surface area contributed by atoms with Gasteiger partial charge in [-0.2, -0.15) is 0 Å². The van der Waals surface area contributed by atoms with Crippen LogP contribution in [0.4, 0.5) is 4.79 Å². The minimum atomic E-state index is -0.428. The van der Waals surface area contributed by atoms with Gasteiger partial charge in [0.25, 0.3) is 0 Å². The number of likely N-dealkylation sites (tertiary alicyclic amines) is 1. The summed E-state index contributed by atoms with van der Waals surface area (Å²) in [6.45, 7) is 2.47. The number of nitrogens with two attached hydrogens (primary N) is 1. The summed E-state index contributed by atoms with van der Waals surface area (Å²) in [6.07, 6.45) is 1.42. The van der Waals surface area contributed by atoms with Gasteiger partial charge in [-0.05, 0) is 12.8 Å². The first-order chi connectivity index (χ1) is 7.70. The molecule has 2 heterocycles. The molecule has 0 aromatic heterocycles. The maximum Gasteiger partial charge on any atom is 0.410 e. The van der Waals surface area contributed by atoms with E-state index < -0.39 is 6.09 Å². The Labute approximate surface area is 94.3 Å². The van der Waals surface area contributed by atoms with Gasteiger partial charge < -0.3 is 15.4 Å². The highest BCUT2D eigenvalue weighted by molar-refractivity contribution is 5.83. The van der Waals surface area contributed by atoms with Crippen LogP contribution in [0.5, 0.6) is 0 Å². The summed E-state index contributed by atoms with van der Waals surface area (Å²) in [5.74, 6) is 0.00659. The molecule has 2 amide bonds. The van der Waals surface area contributed by atoms with Crippen LogP contribution in [0.15, 0.2) is 0 Å². The number of amides is 2. The Balaban J connectivity index is 1.85. The van der Waals surface area contributed by atoms with Gasteiger partial charge in [0, 0.05) is 19.6 Å². The van der Waals surface area contributed by atoms with Crippen molar-refractivity contribution in [2.45, 2.75) is 18.9 Å². The van der Waals surface area contributed by atoms with E-state index in [1.165, 1.54) is 4.90 Å². The molecule has 0 aromatic carbocycles. The van der Waals surface area contributed by atoms with Gasteiger partial charge in [0.2, 0.25) is 5.91 Å². The van der Waals surface area contributed by atoms with Crippen molar-refractivity contribution in [3.8, 4) is 0 Å². The van der Waals surface area contributed by atoms with Crippen LogP contribution in [-0.2, 0) is 9.53 Å². The molecule has 16 heavy (non-hydrogen) atoms. The minimum Gasteiger partial charge on any atom is -0.443 e. The van der Waals surface area contributed by atoms with Crippen molar-refractivity contribution in [2.75, 3.05) is 32.7 Å². The molecule has 0 bridgehead atoms. The van der Waals surface area contributed by atoms with E-state index >= 15 is 0 Å². The van der Waals surface area contributed by atoms with Crippen LogP contribution in [0.3, 0.4) is 0 Å². The lowest BCUT2D eigenvalue weighted by molar-refractivity contribution is -0.130. The van der Waals surface area contributed by atoms with Crippen LogP contribution in [0.25, 0.3) is 0 Å². The lowest BCUT2D eigenvalue weighted by Crippen LogP contribution is -2.39. The van der Waals surface area contributed by atoms with Crippen molar-refractivity contribution in [2.24, 2.45) is 5.73 Å². The summed E-state index contributed by atoms with van der Waals surface area (Å²) < 4.78 is 4.98. The lowest BCUT2D eigenvalue weighted by Gasteiger charge is -2.18. The third-order valence-electron chi connectivity index (χ3n) is 3.00. The molecular formula is C10H17N3O3. The molecule has 1 unspecified atom stereocenters. The molecule has 6 nitrogen and oxygen atoms in total. The van der Waals surface area contributed by atoms with Crippen molar-refractivity contribution >= 4 is 12.0 Å². The molecule has 0 aliphatic carbocycles. The third-order valence-corrected chi connectivity index (χ3v) is 3.00. The average Bonchev–Trinajstić information content (AvgIpc) is 2.88. The standard InChI is InChI=1S/C10H17N3O3/c11-5-8-6-13(10(15)16-8)7-9(14)12-3-1-2-4-12/h8H,1-7,11H2. The van der Waals surface area contributed by atoms with E-state index in [1.807, 2.05) is 0 Å². The van der Waals surface area contributed by atoms with Crippen molar-refractivity contribution in [3.63, 3.8) is 0 Å².